The van der Waals surface area contributed by atoms with E-state index in [1.165, 1.54) is 48.1 Å². The molecule has 4 rings (SSSR count). The average molecular weight is 445 g/mol. The highest BCUT2D eigenvalue weighted by molar-refractivity contribution is 8.04. The lowest BCUT2D eigenvalue weighted by molar-refractivity contribution is 0.0989. The third-order valence-electron chi connectivity index (χ3n) is 4.10. The number of carbonyl (C=O) groups excluding carboxylic acids is 4. The molecular weight excluding hydrogens is 424 g/mol. The Hall–Kier alpha value is -2.72. The Labute approximate surface area is 181 Å². The van der Waals surface area contributed by atoms with E-state index in [0.29, 0.717) is 38.2 Å². The van der Waals surface area contributed by atoms with Crippen molar-refractivity contribution in [3.8, 4) is 0 Å². The zero-order valence-corrected chi connectivity index (χ0v) is 18.3. The zero-order chi connectivity index (χ0) is 21.8. The first-order chi connectivity index (χ1) is 14.3. The van der Waals surface area contributed by atoms with Crippen molar-refractivity contribution in [3.05, 3.63) is 56.9 Å². The van der Waals surface area contributed by atoms with E-state index in [2.05, 4.69) is 34.2 Å². The molecule has 8 nitrogen and oxygen atoms in total. The highest BCUT2D eigenvalue weighted by atomic mass is 32.2. The first-order valence-corrected chi connectivity index (χ1v) is 11.2. The fourth-order valence-electron chi connectivity index (χ4n) is 2.70. The molecule has 0 radical (unpaired) electrons. The number of aromatic nitrogens is 4. The van der Waals surface area contributed by atoms with Crippen LogP contribution in [0.2, 0.25) is 0 Å². The van der Waals surface area contributed by atoms with E-state index in [-0.39, 0.29) is 23.1 Å². The van der Waals surface area contributed by atoms with Gasteiger partial charge in [0.2, 0.25) is 23.1 Å². The molecule has 2 aliphatic rings. The van der Waals surface area contributed by atoms with Gasteiger partial charge < -0.3 is 0 Å². The highest BCUT2D eigenvalue weighted by Crippen LogP contribution is 2.28. The van der Waals surface area contributed by atoms with Crippen LogP contribution in [0.4, 0.5) is 0 Å². The monoisotopic (exact) mass is 444 g/mol. The van der Waals surface area contributed by atoms with Crippen molar-refractivity contribution in [2.75, 3.05) is 11.5 Å². The molecule has 2 aliphatic carbocycles. The topological polar surface area (TPSA) is 126 Å². The molecule has 156 valence electrons. The molecule has 30 heavy (non-hydrogen) atoms. The molecule has 0 amide bonds. The minimum Gasteiger partial charge on any atom is -0.288 e. The van der Waals surface area contributed by atoms with Crippen molar-refractivity contribution < 1.29 is 19.2 Å². The van der Waals surface area contributed by atoms with Crippen LogP contribution in [0.15, 0.2) is 34.4 Å². The number of hydrogen-bond acceptors (Lipinski definition) is 8. The van der Waals surface area contributed by atoms with Gasteiger partial charge >= 0.3 is 0 Å². The first-order valence-electron chi connectivity index (χ1n) is 9.27. The lowest BCUT2D eigenvalue weighted by atomic mass is 10.0. The van der Waals surface area contributed by atoms with Gasteiger partial charge in [0.15, 0.2) is 0 Å². The maximum Gasteiger partial charge on any atom is 0.205 e. The van der Waals surface area contributed by atoms with Crippen LogP contribution in [-0.4, -0.2) is 55.0 Å². The number of aromatic amines is 2. The van der Waals surface area contributed by atoms with Gasteiger partial charge in [0.25, 0.3) is 0 Å². The number of hydrogen-bond donors (Lipinski definition) is 2. The summed E-state index contributed by atoms with van der Waals surface area (Å²) in [6, 6.07) is 0. The number of carbonyl (C=O) groups is 4. The van der Waals surface area contributed by atoms with Crippen LogP contribution in [0.1, 0.15) is 62.5 Å². The highest BCUT2D eigenvalue weighted by Gasteiger charge is 2.28. The summed E-state index contributed by atoms with van der Waals surface area (Å²) in [7, 11) is 0. The number of ketones is 4. The van der Waals surface area contributed by atoms with E-state index in [0.717, 1.165) is 11.5 Å². The Morgan fingerprint density at radius 3 is 1.73 bits per heavy atom. The second-order valence-corrected chi connectivity index (χ2v) is 9.23. The summed E-state index contributed by atoms with van der Waals surface area (Å²) in [5, 5.41) is 12.5. The number of allylic oxidation sites excluding steroid dienone is 4. The number of nitrogens with one attached hydrogen (secondary N) is 2. The van der Waals surface area contributed by atoms with Crippen molar-refractivity contribution in [1.29, 1.82) is 0 Å². The van der Waals surface area contributed by atoms with Crippen LogP contribution in [-0.2, 0) is 0 Å². The summed E-state index contributed by atoms with van der Waals surface area (Å²) in [4.78, 5) is 47.8. The molecule has 2 aromatic rings. The number of nitrogens with zero attached hydrogens (tertiary/aromatic N) is 2. The van der Waals surface area contributed by atoms with Crippen LogP contribution in [0.3, 0.4) is 0 Å². The van der Waals surface area contributed by atoms with Gasteiger partial charge in [-0.1, -0.05) is 20.8 Å². The second-order valence-electron chi connectivity index (χ2n) is 6.86. The van der Waals surface area contributed by atoms with Crippen molar-refractivity contribution >= 4 is 46.7 Å². The second kappa shape index (κ2) is 9.40. The summed E-state index contributed by atoms with van der Waals surface area (Å²) in [6.07, 6.45) is 5.59. The summed E-state index contributed by atoms with van der Waals surface area (Å²) in [5.74, 6) is 1.54. The van der Waals surface area contributed by atoms with E-state index >= 15 is 0 Å². The van der Waals surface area contributed by atoms with Crippen LogP contribution >= 0.6 is 23.5 Å². The Morgan fingerprint density at radius 1 is 0.833 bits per heavy atom. The van der Waals surface area contributed by atoms with Gasteiger partial charge in [-0.15, -0.1) is 23.5 Å². The van der Waals surface area contributed by atoms with Gasteiger partial charge in [-0.3, -0.25) is 29.4 Å². The van der Waals surface area contributed by atoms with Crippen LogP contribution < -0.4 is 0 Å². The maximum atomic E-state index is 11.9. The smallest absolute Gasteiger partial charge is 0.205 e. The van der Waals surface area contributed by atoms with Crippen LogP contribution in [0, 0.1) is 5.92 Å². The van der Waals surface area contributed by atoms with E-state index in [1.54, 1.807) is 0 Å². The van der Waals surface area contributed by atoms with Crippen molar-refractivity contribution in [3.63, 3.8) is 0 Å². The molecule has 0 spiro atoms. The van der Waals surface area contributed by atoms with Gasteiger partial charge in [0.1, 0.15) is 11.4 Å². The minimum absolute atomic E-state index is 0.103. The number of rotatable bonds is 5. The molecular formula is C20H20N4O4S2. The molecule has 0 fully saturated rings. The van der Waals surface area contributed by atoms with Gasteiger partial charge in [0, 0.05) is 17.9 Å². The minimum atomic E-state index is -0.173. The summed E-state index contributed by atoms with van der Waals surface area (Å²) >= 11 is 2.81. The normalized spacial score (nSPS) is 15.3. The van der Waals surface area contributed by atoms with Gasteiger partial charge in [-0.05, 0) is 11.7 Å². The fourth-order valence-corrected chi connectivity index (χ4v) is 4.38. The molecule has 0 saturated heterocycles. The maximum absolute atomic E-state index is 11.9. The van der Waals surface area contributed by atoms with Crippen molar-refractivity contribution in [2.24, 2.45) is 5.92 Å². The standard InChI is InChI=1S/C11H12N2O2S.C9H8N2O2S/c1-6(2)5-16-9-3-8(14)10-7(11(9)15)4-12-13-10;1-2-14-7-3-6(12)8-5(9(7)13)4-10-11-8/h3-4,6H,5H2,1-2H3,(H,12,13);3-4H,2H2,1H3,(H,10,11). The molecule has 0 saturated carbocycles. The fraction of sp³-hybridized carbons (Fsp3) is 0.300. The Morgan fingerprint density at radius 2 is 1.30 bits per heavy atom. The SMILES string of the molecule is CC(C)CSC1=CC(=O)c2[nH]ncc2C1=O.CCSC1=CC(=O)c2[nH]ncc2C1=O. The van der Waals surface area contributed by atoms with Gasteiger partial charge in [0.05, 0.1) is 33.3 Å². The predicted octanol–water partition coefficient (Wildman–Crippen LogP) is 3.49. The Balaban J connectivity index is 0.000000172. The molecule has 10 heteroatoms. The lowest BCUT2D eigenvalue weighted by Gasteiger charge is -2.11. The molecule has 2 aromatic heterocycles. The largest absolute Gasteiger partial charge is 0.288 e. The number of fused-ring (bicyclic) bond motifs is 2. The number of H-pyrrole nitrogens is 2. The Kier molecular flexibility index (Phi) is 6.88. The third kappa shape index (κ3) is 4.54. The van der Waals surface area contributed by atoms with Crippen molar-refractivity contribution in [2.45, 2.75) is 20.8 Å². The van der Waals surface area contributed by atoms with E-state index in [4.69, 9.17) is 0 Å². The molecule has 0 bridgehead atoms. The first kappa shape index (κ1) is 22.0. The van der Waals surface area contributed by atoms with Gasteiger partial charge in [-0.2, -0.15) is 10.2 Å². The molecule has 0 unspecified atom stereocenters. The number of Topliss-reactive ketones (excluding diaryl/α,β-unsaturated/α-hetero) is 2. The summed E-state index contributed by atoms with van der Waals surface area (Å²) in [6.45, 7) is 6.09. The van der Waals surface area contributed by atoms with E-state index in [1.807, 2.05) is 6.92 Å². The lowest BCUT2D eigenvalue weighted by Crippen LogP contribution is -2.15. The molecule has 0 aromatic carbocycles. The molecule has 2 N–H and O–H groups in total. The predicted molar refractivity (Wildman–Crippen MR) is 116 cm³/mol. The molecule has 2 heterocycles. The van der Waals surface area contributed by atoms with Crippen LogP contribution in [0.5, 0.6) is 0 Å². The summed E-state index contributed by atoms with van der Waals surface area (Å²) < 4.78 is 0. The zero-order valence-electron chi connectivity index (χ0n) is 16.6. The van der Waals surface area contributed by atoms with Crippen molar-refractivity contribution in [1.82, 2.24) is 20.4 Å². The van der Waals surface area contributed by atoms with Gasteiger partial charge in [-0.25, -0.2) is 0 Å². The summed E-state index contributed by atoms with van der Waals surface area (Å²) in [5.41, 5.74) is 1.38. The third-order valence-corrected chi connectivity index (χ3v) is 6.46. The quantitative estimate of drug-likeness (QED) is 0.718. The van der Waals surface area contributed by atoms with E-state index in [9.17, 15) is 19.2 Å². The average Bonchev–Trinajstić information content (AvgIpc) is 3.38. The van der Waals surface area contributed by atoms with E-state index < -0.39 is 0 Å². The number of thioether (sulfide) groups is 2. The van der Waals surface area contributed by atoms with Crippen LogP contribution in [0.25, 0.3) is 0 Å². The molecule has 0 atom stereocenters. The molecule has 0 aliphatic heterocycles. The Bertz CT molecular complexity index is 1080.